The van der Waals surface area contributed by atoms with E-state index in [1.54, 1.807) is 19.9 Å². The maximum absolute atomic E-state index is 12.5. The van der Waals surface area contributed by atoms with Crippen LogP contribution in [0.1, 0.15) is 60.8 Å². The summed E-state index contributed by atoms with van der Waals surface area (Å²) in [5, 5.41) is 22.7. The van der Waals surface area contributed by atoms with Gasteiger partial charge in [0.2, 0.25) is 0 Å². The minimum Gasteiger partial charge on any atom is -0.461 e. The summed E-state index contributed by atoms with van der Waals surface area (Å²) in [7, 11) is 0. The minimum absolute atomic E-state index is 0.0152. The van der Waals surface area contributed by atoms with Gasteiger partial charge in [-0.3, -0.25) is 14.4 Å². The van der Waals surface area contributed by atoms with E-state index in [-0.39, 0.29) is 18.4 Å². The summed E-state index contributed by atoms with van der Waals surface area (Å²) in [5.74, 6) is -3.57. The number of rotatable bonds is 3. The van der Waals surface area contributed by atoms with Crippen LogP contribution in [0, 0.1) is 5.92 Å². The van der Waals surface area contributed by atoms with Crippen LogP contribution < -0.4 is 0 Å². The molecule has 0 aromatic heterocycles. The van der Waals surface area contributed by atoms with Gasteiger partial charge in [-0.2, -0.15) is 0 Å². The van der Waals surface area contributed by atoms with E-state index in [4.69, 9.17) is 18.9 Å². The molecule has 0 saturated carbocycles. The lowest BCUT2D eigenvalue weighted by molar-refractivity contribution is -0.199. The fourth-order valence-corrected chi connectivity index (χ4v) is 4.55. The van der Waals surface area contributed by atoms with Gasteiger partial charge < -0.3 is 29.2 Å². The van der Waals surface area contributed by atoms with E-state index < -0.39 is 65.9 Å². The van der Waals surface area contributed by atoms with Gasteiger partial charge in [-0.05, 0) is 26.3 Å². The Hall–Kier alpha value is -2.98. The van der Waals surface area contributed by atoms with Gasteiger partial charge in [0, 0.05) is 45.6 Å². The van der Waals surface area contributed by atoms with E-state index in [9.17, 15) is 29.4 Å². The molecular formula is C26H36O10. The second-order valence-electron chi connectivity index (χ2n) is 9.61. The highest BCUT2D eigenvalue weighted by Gasteiger charge is 2.55. The van der Waals surface area contributed by atoms with Crippen molar-refractivity contribution in [3.63, 3.8) is 0 Å². The van der Waals surface area contributed by atoms with Gasteiger partial charge in [-0.25, -0.2) is 4.79 Å². The summed E-state index contributed by atoms with van der Waals surface area (Å²) < 4.78 is 21.7. The number of carbonyl (C=O) groups is 4. The Morgan fingerprint density at radius 2 is 1.61 bits per heavy atom. The van der Waals surface area contributed by atoms with Crippen LogP contribution >= 0.6 is 0 Å². The van der Waals surface area contributed by atoms with Crippen LogP contribution in [0.4, 0.5) is 0 Å². The van der Waals surface area contributed by atoms with Crippen LogP contribution in [0.5, 0.6) is 0 Å². The van der Waals surface area contributed by atoms with Crippen molar-refractivity contribution in [2.24, 2.45) is 5.92 Å². The third-order valence-electron chi connectivity index (χ3n) is 6.52. The molecule has 0 unspecified atom stereocenters. The Kier molecular flexibility index (Phi) is 9.62. The number of esters is 4. The molecule has 0 radical (unpaired) electrons. The predicted octanol–water partition coefficient (Wildman–Crippen LogP) is 2.07. The van der Waals surface area contributed by atoms with Crippen molar-refractivity contribution in [3.05, 3.63) is 35.5 Å². The smallest absolute Gasteiger partial charge is 0.334 e. The molecule has 1 heterocycles. The summed E-state index contributed by atoms with van der Waals surface area (Å²) in [5.41, 5.74) is -0.696. The molecule has 10 heteroatoms. The molecule has 2 aliphatic rings. The molecule has 36 heavy (non-hydrogen) atoms. The normalized spacial score (nSPS) is 36.7. The molecular weight excluding hydrogens is 472 g/mol. The molecule has 0 aromatic carbocycles. The van der Waals surface area contributed by atoms with Gasteiger partial charge in [-0.1, -0.05) is 24.3 Å². The van der Waals surface area contributed by atoms with Crippen LogP contribution in [0.2, 0.25) is 0 Å². The topological polar surface area (TPSA) is 146 Å². The molecule has 2 N–H and O–H groups in total. The van der Waals surface area contributed by atoms with Crippen molar-refractivity contribution < 1.29 is 48.3 Å². The molecule has 0 amide bonds. The fraction of sp³-hybridized carbons (Fsp3) is 0.615. The zero-order valence-corrected chi connectivity index (χ0v) is 21.6. The average molecular weight is 509 g/mol. The number of ether oxygens (including phenoxy) is 4. The van der Waals surface area contributed by atoms with Gasteiger partial charge >= 0.3 is 23.9 Å². The van der Waals surface area contributed by atoms with Crippen molar-refractivity contribution in [2.45, 2.75) is 96.9 Å². The van der Waals surface area contributed by atoms with Crippen LogP contribution in [0.15, 0.2) is 35.5 Å². The summed E-state index contributed by atoms with van der Waals surface area (Å²) in [4.78, 5) is 48.0. The molecule has 0 bridgehead atoms. The summed E-state index contributed by atoms with van der Waals surface area (Å²) in [6, 6.07) is 0. The maximum atomic E-state index is 12.5. The van der Waals surface area contributed by atoms with Crippen LogP contribution in [-0.2, 0) is 38.1 Å². The molecule has 2 rings (SSSR count). The lowest BCUT2D eigenvalue weighted by Crippen LogP contribution is -2.58. The Morgan fingerprint density at radius 1 is 1.03 bits per heavy atom. The molecule has 1 saturated heterocycles. The lowest BCUT2D eigenvalue weighted by Gasteiger charge is -2.40. The quantitative estimate of drug-likeness (QED) is 0.251. The van der Waals surface area contributed by atoms with E-state index >= 15 is 0 Å². The fourth-order valence-electron chi connectivity index (χ4n) is 4.55. The summed E-state index contributed by atoms with van der Waals surface area (Å²) in [6.07, 6.45) is -1.97. The number of hydrogen-bond donors (Lipinski definition) is 2. The number of aliphatic hydroxyl groups excluding tert-OH is 1. The second kappa shape index (κ2) is 11.8. The molecule has 200 valence electrons. The Labute approximate surface area is 210 Å². The van der Waals surface area contributed by atoms with Crippen LogP contribution in [0.25, 0.3) is 0 Å². The minimum atomic E-state index is -2.09. The molecule has 0 spiro atoms. The monoisotopic (exact) mass is 508 g/mol. The second-order valence-corrected chi connectivity index (χ2v) is 9.61. The van der Waals surface area contributed by atoms with E-state index in [1.807, 2.05) is 6.08 Å². The first kappa shape index (κ1) is 29.3. The molecule has 1 fully saturated rings. The average Bonchev–Trinajstić information content (AvgIpc) is 3.05. The van der Waals surface area contributed by atoms with E-state index in [0.717, 1.165) is 12.5 Å². The first-order valence-corrected chi connectivity index (χ1v) is 11.8. The molecule has 10 nitrogen and oxygen atoms in total. The van der Waals surface area contributed by atoms with E-state index in [2.05, 4.69) is 6.58 Å². The number of carbonyl (C=O) groups excluding carboxylic acids is 4. The SMILES string of the molecule is C=C1C(=O)O[C@H]2[C@H]1[C@H](OC(C)=O)C/C(C)=C\C[C@H](OC(C)=O)/C(C)=C\C[C@H](OC(C)=O)[C@](C)(O)[C@H]2O. The molecule has 1 aliphatic carbocycles. The zero-order valence-electron chi connectivity index (χ0n) is 21.6. The van der Waals surface area contributed by atoms with Crippen molar-refractivity contribution in [1.82, 2.24) is 0 Å². The van der Waals surface area contributed by atoms with Gasteiger partial charge in [0.25, 0.3) is 0 Å². The molecule has 1 aliphatic heterocycles. The summed E-state index contributed by atoms with van der Waals surface area (Å²) >= 11 is 0. The zero-order chi connectivity index (χ0) is 27.4. The standard InChI is InChI=1S/C26H36O10/c1-13-8-10-19(33-16(4)27)14(2)9-11-21(35-18(6)29)26(7,32)24(30)23-22(15(3)25(31)36-23)20(12-13)34-17(5)28/h8-9,19-24,30,32H,3,10-12H2,1-2,4-7H3/b13-8-,14-9-/t19-,20+,21-,22+,23-,24-,26-/m0/s1. The Balaban J connectivity index is 2.65. The van der Waals surface area contributed by atoms with Gasteiger partial charge in [0.1, 0.15) is 36.1 Å². The van der Waals surface area contributed by atoms with Gasteiger partial charge in [-0.15, -0.1) is 0 Å². The van der Waals surface area contributed by atoms with Crippen molar-refractivity contribution in [1.29, 1.82) is 0 Å². The maximum Gasteiger partial charge on any atom is 0.334 e. The highest BCUT2D eigenvalue weighted by atomic mass is 16.6. The Morgan fingerprint density at radius 3 is 2.17 bits per heavy atom. The Bertz CT molecular complexity index is 960. The van der Waals surface area contributed by atoms with Crippen LogP contribution in [-0.4, -0.2) is 70.2 Å². The van der Waals surface area contributed by atoms with Crippen molar-refractivity contribution in [3.8, 4) is 0 Å². The number of aliphatic hydroxyl groups is 2. The van der Waals surface area contributed by atoms with E-state index in [0.29, 0.717) is 12.0 Å². The number of hydrogen-bond acceptors (Lipinski definition) is 10. The lowest BCUT2D eigenvalue weighted by atomic mass is 9.78. The first-order chi connectivity index (χ1) is 16.6. The highest BCUT2D eigenvalue weighted by molar-refractivity contribution is 5.91. The third-order valence-corrected chi connectivity index (χ3v) is 6.52. The van der Waals surface area contributed by atoms with Crippen LogP contribution in [0.3, 0.4) is 0 Å². The third kappa shape index (κ3) is 7.04. The van der Waals surface area contributed by atoms with Crippen molar-refractivity contribution in [2.75, 3.05) is 0 Å². The summed E-state index contributed by atoms with van der Waals surface area (Å²) in [6.45, 7) is 12.2. The van der Waals surface area contributed by atoms with Gasteiger partial charge in [0.15, 0.2) is 0 Å². The first-order valence-electron chi connectivity index (χ1n) is 11.8. The van der Waals surface area contributed by atoms with Gasteiger partial charge in [0.05, 0.1) is 5.92 Å². The highest BCUT2D eigenvalue weighted by Crippen LogP contribution is 2.39. The predicted molar refractivity (Wildman–Crippen MR) is 127 cm³/mol. The molecule has 0 aromatic rings. The largest absolute Gasteiger partial charge is 0.461 e. The van der Waals surface area contributed by atoms with E-state index in [1.165, 1.54) is 20.8 Å². The number of fused-ring (bicyclic) bond motifs is 1. The molecule has 7 atom stereocenters. The van der Waals surface area contributed by atoms with Crippen molar-refractivity contribution >= 4 is 23.9 Å².